The molecule has 1 heterocycles. The number of halogens is 1. The molecule has 0 aliphatic carbocycles. The molecule has 2 aromatic rings. The van der Waals surface area contributed by atoms with Gasteiger partial charge in [-0.15, -0.1) is 23.7 Å². The molecule has 0 aliphatic heterocycles. The summed E-state index contributed by atoms with van der Waals surface area (Å²) in [7, 11) is 0. The Balaban J connectivity index is 0.00000242. The zero-order chi connectivity index (χ0) is 15.1. The van der Waals surface area contributed by atoms with Gasteiger partial charge in [-0.3, -0.25) is 9.59 Å². The SMILES string of the molecule is CCNCCNC(=O)c1ccccc1C(=O)c1cccs1.Cl. The van der Waals surface area contributed by atoms with E-state index in [-0.39, 0.29) is 24.1 Å². The first-order valence-electron chi connectivity index (χ1n) is 6.90. The van der Waals surface area contributed by atoms with Crippen LogP contribution in [0.2, 0.25) is 0 Å². The predicted molar refractivity (Wildman–Crippen MR) is 92.3 cm³/mol. The number of likely N-dealkylation sites (N-methyl/N-ethyl adjacent to an activating group) is 1. The minimum absolute atomic E-state index is 0. The topological polar surface area (TPSA) is 58.2 Å². The number of rotatable bonds is 7. The van der Waals surface area contributed by atoms with Crippen LogP contribution in [0.1, 0.15) is 32.5 Å². The van der Waals surface area contributed by atoms with E-state index in [2.05, 4.69) is 10.6 Å². The maximum absolute atomic E-state index is 12.4. The maximum Gasteiger partial charge on any atom is 0.252 e. The van der Waals surface area contributed by atoms with Crippen molar-refractivity contribution in [2.45, 2.75) is 6.92 Å². The fourth-order valence-electron chi connectivity index (χ4n) is 1.96. The van der Waals surface area contributed by atoms with Gasteiger partial charge in [0.2, 0.25) is 5.78 Å². The van der Waals surface area contributed by atoms with Crippen molar-refractivity contribution in [1.29, 1.82) is 0 Å². The van der Waals surface area contributed by atoms with Crippen LogP contribution in [-0.2, 0) is 0 Å². The second-order valence-electron chi connectivity index (χ2n) is 4.46. The lowest BCUT2D eigenvalue weighted by Gasteiger charge is -2.09. The fraction of sp³-hybridized carbons (Fsp3) is 0.250. The molecular formula is C16H19ClN2O2S. The molecule has 0 saturated heterocycles. The quantitative estimate of drug-likeness (QED) is 0.603. The van der Waals surface area contributed by atoms with E-state index in [1.165, 1.54) is 11.3 Å². The summed E-state index contributed by atoms with van der Waals surface area (Å²) in [6.45, 7) is 4.12. The lowest BCUT2D eigenvalue weighted by atomic mass is 10.0. The highest BCUT2D eigenvalue weighted by Gasteiger charge is 2.18. The number of benzene rings is 1. The Morgan fingerprint density at radius 3 is 2.41 bits per heavy atom. The van der Waals surface area contributed by atoms with Gasteiger partial charge in [-0.05, 0) is 24.1 Å². The third-order valence-corrected chi connectivity index (χ3v) is 3.87. The molecule has 0 atom stereocenters. The normalized spacial score (nSPS) is 9.86. The Labute approximate surface area is 140 Å². The van der Waals surface area contributed by atoms with Crippen LogP contribution in [0, 0.1) is 0 Å². The third kappa shape index (κ3) is 4.66. The minimum Gasteiger partial charge on any atom is -0.351 e. The number of hydrogen-bond donors (Lipinski definition) is 2. The molecule has 2 rings (SSSR count). The molecule has 0 aliphatic rings. The van der Waals surface area contributed by atoms with E-state index in [0.717, 1.165) is 6.54 Å². The van der Waals surface area contributed by atoms with Gasteiger partial charge in [0.05, 0.1) is 10.4 Å². The van der Waals surface area contributed by atoms with Crippen LogP contribution in [0.25, 0.3) is 0 Å². The van der Waals surface area contributed by atoms with Gasteiger partial charge >= 0.3 is 0 Å². The summed E-state index contributed by atoms with van der Waals surface area (Å²) in [5.41, 5.74) is 0.869. The highest BCUT2D eigenvalue weighted by atomic mass is 35.5. The highest BCUT2D eigenvalue weighted by Crippen LogP contribution is 2.18. The molecule has 0 radical (unpaired) electrons. The van der Waals surface area contributed by atoms with Crippen molar-refractivity contribution in [2.24, 2.45) is 0 Å². The van der Waals surface area contributed by atoms with E-state index in [1.54, 1.807) is 30.3 Å². The van der Waals surface area contributed by atoms with E-state index in [1.807, 2.05) is 18.4 Å². The van der Waals surface area contributed by atoms with Crippen molar-refractivity contribution >= 4 is 35.4 Å². The molecule has 22 heavy (non-hydrogen) atoms. The van der Waals surface area contributed by atoms with E-state index in [0.29, 0.717) is 29.1 Å². The summed E-state index contributed by atoms with van der Waals surface area (Å²) in [6, 6.07) is 10.5. The molecule has 6 heteroatoms. The van der Waals surface area contributed by atoms with Crippen LogP contribution >= 0.6 is 23.7 Å². The fourth-order valence-corrected chi connectivity index (χ4v) is 2.63. The number of carbonyl (C=O) groups is 2. The second kappa shape index (κ2) is 9.35. The molecule has 0 unspecified atom stereocenters. The molecule has 1 aromatic carbocycles. The van der Waals surface area contributed by atoms with Crippen molar-refractivity contribution in [3.63, 3.8) is 0 Å². The van der Waals surface area contributed by atoms with Gasteiger partial charge in [0.1, 0.15) is 0 Å². The van der Waals surface area contributed by atoms with E-state index < -0.39 is 0 Å². The first-order valence-corrected chi connectivity index (χ1v) is 7.78. The van der Waals surface area contributed by atoms with Gasteiger partial charge < -0.3 is 10.6 Å². The summed E-state index contributed by atoms with van der Waals surface area (Å²) in [5, 5.41) is 7.81. The van der Waals surface area contributed by atoms with Crippen LogP contribution in [0.5, 0.6) is 0 Å². The Hall–Kier alpha value is -1.69. The Kier molecular flexibility index (Phi) is 7.80. The van der Waals surface area contributed by atoms with E-state index in [9.17, 15) is 9.59 Å². The molecule has 1 amide bonds. The van der Waals surface area contributed by atoms with Crippen LogP contribution in [0.15, 0.2) is 41.8 Å². The molecule has 0 fully saturated rings. The van der Waals surface area contributed by atoms with Crippen LogP contribution in [-0.4, -0.2) is 31.3 Å². The van der Waals surface area contributed by atoms with Crippen LogP contribution in [0.4, 0.5) is 0 Å². The van der Waals surface area contributed by atoms with Gasteiger partial charge in [-0.1, -0.05) is 31.2 Å². The first kappa shape index (κ1) is 18.4. The summed E-state index contributed by atoms with van der Waals surface area (Å²) in [6.07, 6.45) is 0. The zero-order valence-electron chi connectivity index (χ0n) is 12.3. The molecule has 4 nitrogen and oxygen atoms in total. The lowest BCUT2D eigenvalue weighted by molar-refractivity contribution is 0.0943. The molecule has 0 bridgehead atoms. The molecule has 0 spiro atoms. The van der Waals surface area contributed by atoms with Gasteiger partial charge in [-0.2, -0.15) is 0 Å². The van der Waals surface area contributed by atoms with Gasteiger partial charge in [0, 0.05) is 18.7 Å². The molecule has 1 aromatic heterocycles. The summed E-state index contributed by atoms with van der Waals surface area (Å²) in [4.78, 5) is 25.3. The number of amides is 1. The van der Waals surface area contributed by atoms with Crippen molar-refractivity contribution in [2.75, 3.05) is 19.6 Å². The van der Waals surface area contributed by atoms with E-state index in [4.69, 9.17) is 0 Å². The lowest BCUT2D eigenvalue weighted by Crippen LogP contribution is -2.32. The Morgan fingerprint density at radius 1 is 1.05 bits per heavy atom. The number of thiophene rings is 1. The first-order chi connectivity index (χ1) is 10.2. The molecule has 118 valence electrons. The number of ketones is 1. The standard InChI is InChI=1S/C16H18N2O2S.ClH/c1-2-17-9-10-18-16(20)13-7-4-3-6-12(13)15(19)14-8-5-11-21-14;/h3-8,11,17H,2,9-10H2,1H3,(H,18,20);1H. The molecule has 0 saturated carbocycles. The Bertz CT molecular complexity index is 614. The number of hydrogen-bond acceptors (Lipinski definition) is 4. The average Bonchev–Trinajstić information content (AvgIpc) is 3.05. The molecular weight excluding hydrogens is 320 g/mol. The zero-order valence-corrected chi connectivity index (χ0v) is 13.9. The van der Waals surface area contributed by atoms with Crippen molar-refractivity contribution in [3.8, 4) is 0 Å². The van der Waals surface area contributed by atoms with Gasteiger partial charge in [0.25, 0.3) is 5.91 Å². The maximum atomic E-state index is 12.4. The smallest absolute Gasteiger partial charge is 0.252 e. The van der Waals surface area contributed by atoms with Crippen LogP contribution in [0.3, 0.4) is 0 Å². The monoisotopic (exact) mass is 338 g/mol. The van der Waals surface area contributed by atoms with Crippen molar-refractivity contribution in [1.82, 2.24) is 10.6 Å². The number of carbonyl (C=O) groups excluding carboxylic acids is 2. The summed E-state index contributed by atoms with van der Waals surface area (Å²) in [5.74, 6) is -0.323. The molecule has 2 N–H and O–H groups in total. The van der Waals surface area contributed by atoms with Gasteiger partial charge in [0.15, 0.2) is 0 Å². The number of nitrogens with one attached hydrogen (secondary N) is 2. The van der Waals surface area contributed by atoms with Crippen molar-refractivity contribution < 1.29 is 9.59 Å². The minimum atomic E-state index is -0.214. The largest absolute Gasteiger partial charge is 0.351 e. The second-order valence-corrected chi connectivity index (χ2v) is 5.41. The highest BCUT2D eigenvalue weighted by molar-refractivity contribution is 7.12. The Morgan fingerprint density at radius 2 is 1.77 bits per heavy atom. The summed E-state index contributed by atoms with van der Waals surface area (Å²) < 4.78 is 0. The predicted octanol–water partition coefficient (Wildman–Crippen LogP) is 2.74. The summed E-state index contributed by atoms with van der Waals surface area (Å²) >= 11 is 1.38. The average molecular weight is 339 g/mol. The van der Waals surface area contributed by atoms with Gasteiger partial charge in [-0.25, -0.2) is 0 Å². The van der Waals surface area contributed by atoms with E-state index >= 15 is 0 Å². The van der Waals surface area contributed by atoms with Crippen LogP contribution < -0.4 is 10.6 Å². The van der Waals surface area contributed by atoms with Crippen molar-refractivity contribution in [3.05, 3.63) is 57.8 Å². The third-order valence-electron chi connectivity index (χ3n) is 3.00.